The molecule has 2 aromatic carbocycles. The second-order valence-corrected chi connectivity index (χ2v) is 5.36. The molecule has 1 fully saturated rings. The van der Waals surface area contributed by atoms with Crippen molar-refractivity contribution in [3.8, 4) is 0 Å². The molecule has 0 bridgehead atoms. The molecule has 0 radical (unpaired) electrons. The van der Waals surface area contributed by atoms with Gasteiger partial charge in [-0.15, -0.1) is 0 Å². The molecule has 21 heavy (non-hydrogen) atoms. The SMILES string of the molecule is c1ccc(CC2(c3c[nH]c4ccccc34)OCCO2)cc1. The summed E-state index contributed by atoms with van der Waals surface area (Å²) in [4.78, 5) is 3.32. The van der Waals surface area contributed by atoms with Crippen LogP contribution in [-0.4, -0.2) is 18.2 Å². The number of aromatic amines is 1. The molecule has 1 N–H and O–H groups in total. The van der Waals surface area contributed by atoms with E-state index in [1.807, 2.05) is 36.5 Å². The maximum atomic E-state index is 6.05. The van der Waals surface area contributed by atoms with E-state index in [1.54, 1.807) is 0 Å². The Bertz CT molecular complexity index is 742. The molecule has 3 nitrogen and oxygen atoms in total. The third kappa shape index (κ3) is 2.15. The Kier molecular flexibility index (Phi) is 3.02. The first kappa shape index (κ1) is 12.6. The van der Waals surface area contributed by atoms with Crippen molar-refractivity contribution < 1.29 is 9.47 Å². The van der Waals surface area contributed by atoms with E-state index >= 15 is 0 Å². The van der Waals surface area contributed by atoms with E-state index in [0.717, 1.165) is 22.9 Å². The topological polar surface area (TPSA) is 34.2 Å². The van der Waals surface area contributed by atoms with E-state index in [1.165, 1.54) is 5.56 Å². The summed E-state index contributed by atoms with van der Waals surface area (Å²) in [5, 5.41) is 1.16. The predicted molar refractivity (Wildman–Crippen MR) is 82.0 cm³/mol. The number of ether oxygens (including phenoxy) is 2. The Hall–Kier alpha value is -2.10. The van der Waals surface area contributed by atoms with Gasteiger partial charge in [-0.25, -0.2) is 0 Å². The smallest absolute Gasteiger partial charge is 0.201 e. The lowest BCUT2D eigenvalue weighted by Gasteiger charge is -2.27. The molecular formula is C18H17NO2. The summed E-state index contributed by atoms with van der Waals surface area (Å²) in [7, 11) is 0. The standard InChI is InChI=1S/C18H17NO2/c1-2-6-14(7-3-1)12-18(20-10-11-21-18)16-13-19-17-9-5-4-8-15(16)17/h1-9,13,19H,10-12H2. The first-order chi connectivity index (χ1) is 10.4. The van der Waals surface area contributed by atoms with Crippen molar-refractivity contribution in [2.75, 3.05) is 13.2 Å². The quantitative estimate of drug-likeness (QED) is 0.794. The average Bonchev–Trinajstić information content (AvgIpc) is 3.15. The number of fused-ring (bicyclic) bond motifs is 1. The molecular weight excluding hydrogens is 262 g/mol. The van der Waals surface area contributed by atoms with Crippen LogP contribution in [0.25, 0.3) is 10.9 Å². The molecule has 1 aliphatic rings. The first-order valence-corrected chi connectivity index (χ1v) is 7.26. The first-order valence-electron chi connectivity index (χ1n) is 7.26. The summed E-state index contributed by atoms with van der Waals surface area (Å²) in [6.07, 6.45) is 2.73. The van der Waals surface area contributed by atoms with Crippen LogP contribution in [0.2, 0.25) is 0 Å². The molecule has 0 aliphatic carbocycles. The predicted octanol–water partition coefficient (Wildman–Crippen LogP) is 3.61. The molecule has 1 aliphatic heterocycles. The highest BCUT2D eigenvalue weighted by molar-refractivity contribution is 5.83. The second-order valence-electron chi connectivity index (χ2n) is 5.36. The molecule has 4 rings (SSSR count). The van der Waals surface area contributed by atoms with E-state index in [9.17, 15) is 0 Å². The number of benzene rings is 2. The van der Waals surface area contributed by atoms with Crippen LogP contribution in [0.15, 0.2) is 60.8 Å². The summed E-state index contributed by atoms with van der Waals surface area (Å²) < 4.78 is 12.1. The van der Waals surface area contributed by atoms with Gasteiger partial charge in [-0.3, -0.25) is 0 Å². The van der Waals surface area contributed by atoms with Crippen molar-refractivity contribution in [1.29, 1.82) is 0 Å². The number of hydrogen-bond donors (Lipinski definition) is 1. The number of hydrogen-bond acceptors (Lipinski definition) is 2. The maximum absolute atomic E-state index is 6.05. The highest BCUT2D eigenvalue weighted by Crippen LogP contribution is 2.38. The van der Waals surface area contributed by atoms with Crippen LogP contribution in [0.3, 0.4) is 0 Å². The van der Waals surface area contributed by atoms with E-state index in [0.29, 0.717) is 13.2 Å². The molecule has 106 valence electrons. The fourth-order valence-corrected chi connectivity index (χ4v) is 3.06. The van der Waals surface area contributed by atoms with E-state index in [2.05, 4.69) is 29.2 Å². The third-order valence-corrected chi connectivity index (χ3v) is 4.03. The van der Waals surface area contributed by atoms with Gasteiger partial charge in [0.25, 0.3) is 0 Å². The monoisotopic (exact) mass is 279 g/mol. The highest BCUT2D eigenvalue weighted by Gasteiger charge is 2.40. The van der Waals surface area contributed by atoms with Crippen molar-refractivity contribution in [2.45, 2.75) is 12.2 Å². The van der Waals surface area contributed by atoms with Crippen molar-refractivity contribution >= 4 is 10.9 Å². The third-order valence-electron chi connectivity index (χ3n) is 4.03. The molecule has 3 aromatic rings. The lowest BCUT2D eigenvalue weighted by atomic mass is 9.97. The van der Waals surface area contributed by atoms with Crippen molar-refractivity contribution in [3.63, 3.8) is 0 Å². The van der Waals surface area contributed by atoms with Gasteiger partial charge in [0.15, 0.2) is 0 Å². The van der Waals surface area contributed by atoms with Crippen LogP contribution >= 0.6 is 0 Å². The van der Waals surface area contributed by atoms with E-state index < -0.39 is 5.79 Å². The summed E-state index contributed by atoms with van der Waals surface area (Å²) in [6, 6.07) is 18.6. The van der Waals surface area contributed by atoms with Gasteiger partial charge in [-0.05, 0) is 11.6 Å². The Morgan fingerprint density at radius 2 is 1.62 bits per heavy atom. The maximum Gasteiger partial charge on any atom is 0.201 e. The molecule has 0 spiro atoms. The van der Waals surface area contributed by atoms with Gasteiger partial charge in [0.2, 0.25) is 5.79 Å². The Morgan fingerprint density at radius 1 is 0.905 bits per heavy atom. The van der Waals surface area contributed by atoms with Crippen LogP contribution in [0, 0.1) is 0 Å². The molecule has 3 heteroatoms. The minimum atomic E-state index is -0.680. The highest BCUT2D eigenvalue weighted by atomic mass is 16.7. The number of para-hydroxylation sites is 1. The van der Waals surface area contributed by atoms with Gasteiger partial charge in [0.1, 0.15) is 0 Å². The minimum absolute atomic E-state index is 0.631. The van der Waals surface area contributed by atoms with Gasteiger partial charge >= 0.3 is 0 Å². The van der Waals surface area contributed by atoms with Gasteiger partial charge in [-0.1, -0.05) is 48.5 Å². The van der Waals surface area contributed by atoms with Crippen LogP contribution in [0.4, 0.5) is 0 Å². The second kappa shape index (κ2) is 5.02. The minimum Gasteiger partial charge on any atom is -0.361 e. The molecule has 1 aromatic heterocycles. The molecule has 0 saturated carbocycles. The average molecular weight is 279 g/mol. The van der Waals surface area contributed by atoms with Crippen LogP contribution in [0.5, 0.6) is 0 Å². The summed E-state index contributed by atoms with van der Waals surface area (Å²) in [5.41, 5.74) is 3.41. The molecule has 0 unspecified atom stereocenters. The Balaban J connectivity index is 1.80. The van der Waals surface area contributed by atoms with Crippen LogP contribution in [-0.2, 0) is 21.7 Å². The van der Waals surface area contributed by atoms with Gasteiger partial charge < -0.3 is 14.5 Å². The lowest BCUT2D eigenvalue weighted by molar-refractivity contribution is -0.163. The Labute approximate surface area is 123 Å². The molecule has 1 saturated heterocycles. The zero-order valence-electron chi connectivity index (χ0n) is 11.7. The normalized spacial score (nSPS) is 17.3. The van der Waals surface area contributed by atoms with Crippen molar-refractivity contribution in [2.24, 2.45) is 0 Å². The zero-order chi connectivity index (χ0) is 14.1. The van der Waals surface area contributed by atoms with Crippen molar-refractivity contribution in [3.05, 3.63) is 71.9 Å². The van der Waals surface area contributed by atoms with Crippen LogP contribution in [0.1, 0.15) is 11.1 Å². The molecule has 2 heterocycles. The number of nitrogens with one attached hydrogen (secondary N) is 1. The van der Waals surface area contributed by atoms with Gasteiger partial charge in [0.05, 0.1) is 13.2 Å². The molecule has 0 amide bonds. The van der Waals surface area contributed by atoms with Crippen molar-refractivity contribution in [1.82, 2.24) is 4.98 Å². The zero-order valence-corrected chi connectivity index (χ0v) is 11.7. The fraction of sp³-hybridized carbons (Fsp3) is 0.222. The summed E-state index contributed by atoms with van der Waals surface area (Å²) in [6.45, 7) is 1.26. The number of rotatable bonds is 3. The summed E-state index contributed by atoms with van der Waals surface area (Å²) >= 11 is 0. The number of H-pyrrole nitrogens is 1. The number of aromatic nitrogens is 1. The van der Waals surface area contributed by atoms with Gasteiger partial charge in [-0.2, -0.15) is 0 Å². The van der Waals surface area contributed by atoms with Gasteiger partial charge in [0, 0.05) is 29.1 Å². The Morgan fingerprint density at radius 3 is 2.43 bits per heavy atom. The molecule has 0 atom stereocenters. The fourth-order valence-electron chi connectivity index (χ4n) is 3.06. The summed E-state index contributed by atoms with van der Waals surface area (Å²) in [5.74, 6) is -0.680. The largest absolute Gasteiger partial charge is 0.361 e. The van der Waals surface area contributed by atoms with E-state index in [-0.39, 0.29) is 0 Å². The van der Waals surface area contributed by atoms with Crippen LogP contribution < -0.4 is 0 Å². The van der Waals surface area contributed by atoms with E-state index in [4.69, 9.17) is 9.47 Å². The lowest BCUT2D eigenvalue weighted by Crippen LogP contribution is -2.29.